The van der Waals surface area contributed by atoms with Crippen LogP contribution in [-0.2, 0) is 6.42 Å². The number of aryl methyl sites for hydroxylation is 1. The molecule has 1 aliphatic carbocycles. The number of benzene rings is 1. The van der Waals surface area contributed by atoms with Crippen LogP contribution in [0.15, 0.2) is 12.1 Å². The van der Waals surface area contributed by atoms with E-state index in [1.807, 2.05) is 6.07 Å². The summed E-state index contributed by atoms with van der Waals surface area (Å²) in [5.74, 6) is 0.634. The van der Waals surface area contributed by atoms with Gasteiger partial charge >= 0.3 is 0 Å². The molecule has 1 aromatic rings. The van der Waals surface area contributed by atoms with Gasteiger partial charge in [-0.15, -0.1) is 0 Å². The Hall–Kier alpha value is -1.31. The second-order valence-electron chi connectivity index (χ2n) is 4.25. The standard InChI is InChI=1S/C13H16O2/c1-3-9-5-7-11(15)13-10(14)6-4-8(2)12(9)13/h5,7-8,15H,3-4,6H2,1-2H3. The number of phenols is 1. The first-order valence-corrected chi connectivity index (χ1v) is 5.53. The molecule has 1 atom stereocenters. The van der Waals surface area contributed by atoms with Crippen LogP contribution < -0.4 is 0 Å². The summed E-state index contributed by atoms with van der Waals surface area (Å²) in [6.07, 6.45) is 2.39. The number of ketones is 1. The van der Waals surface area contributed by atoms with Crippen molar-refractivity contribution in [2.45, 2.75) is 39.0 Å². The van der Waals surface area contributed by atoms with Crippen molar-refractivity contribution in [2.24, 2.45) is 0 Å². The monoisotopic (exact) mass is 204 g/mol. The minimum absolute atomic E-state index is 0.0934. The molecular formula is C13H16O2. The molecule has 2 nitrogen and oxygen atoms in total. The van der Waals surface area contributed by atoms with Gasteiger partial charge in [0.15, 0.2) is 5.78 Å². The van der Waals surface area contributed by atoms with Crippen LogP contribution in [0.2, 0.25) is 0 Å². The van der Waals surface area contributed by atoms with Crippen molar-refractivity contribution < 1.29 is 9.90 Å². The van der Waals surface area contributed by atoms with Crippen molar-refractivity contribution in [1.82, 2.24) is 0 Å². The van der Waals surface area contributed by atoms with Gasteiger partial charge in [0.2, 0.25) is 0 Å². The van der Waals surface area contributed by atoms with E-state index in [9.17, 15) is 9.90 Å². The van der Waals surface area contributed by atoms with E-state index in [1.165, 1.54) is 5.56 Å². The summed E-state index contributed by atoms with van der Waals surface area (Å²) in [7, 11) is 0. The van der Waals surface area contributed by atoms with Gasteiger partial charge in [0, 0.05) is 6.42 Å². The van der Waals surface area contributed by atoms with E-state index in [0.29, 0.717) is 17.9 Å². The van der Waals surface area contributed by atoms with E-state index in [4.69, 9.17) is 0 Å². The molecule has 0 aromatic heterocycles. The molecular weight excluding hydrogens is 188 g/mol. The zero-order valence-electron chi connectivity index (χ0n) is 9.21. The number of carbonyl (C=O) groups excluding carboxylic acids is 1. The first-order chi connectivity index (χ1) is 7.15. The lowest BCUT2D eigenvalue weighted by Gasteiger charge is -2.24. The van der Waals surface area contributed by atoms with E-state index in [-0.39, 0.29) is 11.5 Å². The van der Waals surface area contributed by atoms with Gasteiger partial charge in [-0.1, -0.05) is 19.9 Å². The number of Topliss-reactive ketones (excluding diaryl/α,β-unsaturated/α-hetero) is 1. The third-order valence-electron chi connectivity index (χ3n) is 3.27. The first kappa shape index (κ1) is 10.2. The van der Waals surface area contributed by atoms with Crippen LogP contribution in [-0.4, -0.2) is 10.9 Å². The number of hydrogen-bond acceptors (Lipinski definition) is 2. The third-order valence-corrected chi connectivity index (χ3v) is 3.27. The first-order valence-electron chi connectivity index (χ1n) is 5.53. The molecule has 1 unspecified atom stereocenters. The molecule has 0 bridgehead atoms. The molecule has 0 aliphatic heterocycles. The summed E-state index contributed by atoms with van der Waals surface area (Å²) in [5, 5.41) is 9.74. The maximum absolute atomic E-state index is 11.8. The Kier molecular flexibility index (Phi) is 2.51. The second kappa shape index (κ2) is 3.69. The summed E-state index contributed by atoms with van der Waals surface area (Å²) in [6.45, 7) is 4.21. The summed E-state index contributed by atoms with van der Waals surface area (Å²) in [6, 6.07) is 3.58. The molecule has 80 valence electrons. The highest BCUT2D eigenvalue weighted by atomic mass is 16.3. The average molecular weight is 204 g/mol. The van der Waals surface area contributed by atoms with E-state index in [2.05, 4.69) is 13.8 Å². The Balaban J connectivity index is 2.68. The fourth-order valence-electron chi connectivity index (χ4n) is 2.43. The summed E-state index contributed by atoms with van der Waals surface area (Å²) < 4.78 is 0. The van der Waals surface area contributed by atoms with Crippen molar-refractivity contribution in [1.29, 1.82) is 0 Å². The van der Waals surface area contributed by atoms with Crippen LogP contribution in [0.4, 0.5) is 0 Å². The summed E-state index contributed by atoms with van der Waals surface area (Å²) >= 11 is 0. The number of carbonyl (C=O) groups is 1. The second-order valence-corrected chi connectivity index (χ2v) is 4.25. The molecule has 1 N–H and O–H groups in total. The molecule has 0 saturated heterocycles. The van der Waals surface area contributed by atoms with Gasteiger partial charge in [0.25, 0.3) is 0 Å². The van der Waals surface area contributed by atoms with Crippen molar-refractivity contribution in [3.05, 3.63) is 28.8 Å². The minimum atomic E-state index is 0.0934. The maximum Gasteiger partial charge on any atom is 0.166 e. The normalized spacial score (nSPS) is 20.1. The number of hydrogen-bond donors (Lipinski definition) is 1. The van der Waals surface area contributed by atoms with Crippen LogP contribution in [0.5, 0.6) is 5.75 Å². The lowest BCUT2D eigenvalue weighted by Crippen LogP contribution is -2.16. The molecule has 2 heteroatoms. The van der Waals surface area contributed by atoms with Crippen molar-refractivity contribution in [3.8, 4) is 5.75 Å². The fourth-order valence-corrected chi connectivity index (χ4v) is 2.43. The van der Waals surface area contributed by atoms with Gasteiger partial charge in [-0.25, -0.2) is 0 Å². The molecule has 0 heterocycles. The van der Waals surface area contributed by atoms with Crippen molar-refractivity contribution >= 4 is 5.78 Å². The Morgan fingerprint density at radius 3 is 2.87 bits per heavy atom. The maximum atomic E-state index is 11.8. The zero-order valence-corrected chi connectivity index (χ0v) is 9.21. The van der Waals surface area contributed by atoms with E-state index in [1.54, 1.807) is 6.07 Å². The zero-order chi connectivity index (χ0) is 11.0. The number of fused-ring (bicyclic) bond motifs is 1. The molecule has 0 fully saturated rings. The molecule has 1 aromatic carbocycles. The predicted molar refractivity (Wildman–Crippen MR) is 59.5 cm³/mol. The predicted octanol–water partition coefficient (Wildman–Crippen LogP) is 3.03. The van der Waals surface area contributed by atoms with E-state index >= 15 is 0 Å². The molecule has 2 rings (SSSR count). The van der Waals surface area contributed by atoms with Crippen molar-refractivity contribution in [3.63, 3.8) is 0 Å². The molecule has 15 heavy (non-hydrogen) atoms. The van der Waals surface area contributed by atoms with Gasteiger partial charge in [0.05, 0.1) is 5.56 Å². The lowest BCUT2D eigenvalue weighted by atomic mass is 9.79. The summed E-state index contributed by atoms with van der Waals surface area (Å²) in [5.41, 5.74) is 2.85. The molecule has 0 saturated carbocycles. The van der Waals surface area contributed by atoms with E-state index in [0.717, 1.165) is 18.4 Å². The highest BCUT2D eigenvalue weighted by Gasteiger charge is 2.27. The smallest absolute Gasteiger partial charge is 0.166 e. The van der Waals surface area contributed by atoms with Crippen LogP contribution in [0.1, 0.15) is 54.1 Å². The van der Waals surface area contributed by atoms with E-state index < -0.39 is 0 Å². The highest BCUT2D eigenvalue weighted by Crippen LogP contribution is 2.38. The molecule has 0 spiro atoms. The minimum Gasteiger partial charge on any atom is -0.507 e. The van der Waals surface area contributed by atoms with Gasteiger partial charge in [-0.2, -0.15) is 0 Å². The quantitative estimate of drug-likeness (QED) is 0.763. The van der Waals surface area contributed by atoms with Crippen LogP contribution >= 0.6 is 0 Å². The van der Waals surface area contributed by atoms with Gasteiger partial charge in [-0.3, -0.25) is 4.79 Å². The lowest BCUT2D eigenvalue weighted by molar-refractivity contribution is 0.0964. The topological polar surface area (TPSA) is 37.3 Å². The number of aromatic hydroxyl groups is 1. The molecule has 1 aliphatic rings. The van der Waals surface area contributed by atoms with Crippen LogP contribution in [0.3, 0.4) is 0 Å². The fraction of sp³-hybridized carbons (Fsp3) is 0.462. The van der Waals surface area contributed by atoms with Gasteiger partial charge < -0.3 is 5.11 Å². The Morgan fingerprint density at radius 1 is 1.47 bits per heavy atom. The third kappa shape index (κ3) is 1.54. The Bertz CT molecular complexity index is 407. The number of phenolic OH excluding ortho intramolecular Hbond substituents is 1. The average Bonchev–Trinajstić information content (AvgIpc) is 2.23. The Morgan fingerprint density at radius 2 is 2.20 bits per heavy atom. The van der Waals surface area contributed by atoms with Crippen LogP contribution in [0, 0.1) is 0 Å². The summed E-state index contributed by atoms with van der Waals surface area (Å²) in [4.78, 5) is 11.8. The Labute approximate surface area is 89.9 Å². The molecule has 0 amide bonds. The SMILES string of the molecule is CCc1ccc(O)c2c1C(C)CCC2=O. The largest absolute Gasteiger partial charge is 0.507 e. The highest BCUT2D eigenvalue weighted by molar-refractivity contribution is 6.01. The van der Waals surface area contributed by atoms with Gasteiger partial charge in [0.1, 0.15) is 5.75 Å². The van der Waals surface area contributed by atoms with Crippen LogP contribution in [0.25, 0.3) is 0 Å². The van der Waals surface area contributed by atoms with Gasteiger partial charge in [-0.05, 0) is 36.0 Å². The van der Waals surface area contributed by atoms with Crippen molar-refractivity contribution in [2.75, 3.05) is 0 Å². The number of rotatable bonds is 1. The molecule has 0 radical (unpaired) electrons.